The molecule has 0 aliphatic carbocycles. The summed E-state index contributed by atoms with van der Waals surface area (Å²) in [5, 5.41) is 11.6. The Kier molecular flexibility index (Phi) is 6.72. The molecule has 0 radical (unpaired) electrons. The number of amides is 1. The van der Waals surface area contributed by atoms with E-state index in [-0.39, 0.29) is 24.0 Å². The molecule has 4 aromatic rings. The van der Waals surface area contributed by atoms with Gasteiger partial charge in [0.25, 0.3) is 5.91 Å². The first-order valence-electron chi connectivity index (χ1n) is 10.8. The average molecular weight is 463 g/mol. The fraction of sp³-hybridized carbons (Fsp3) is 0.261. The number of para-hydroxylation sites is 2. The highest BCUT2D eigenvalue weighted by Crippen LogP contribution is 2.27. The standard InChI is InChI=1S/C23H26N8O3/c1-4-30(5-2)16-11-10-15(19(12-16)33-3)13-25-27-20(32)14-31-18-9-7-6-8-17(18)26-23(31)21-22(24)29-34-28-21/h6-13H,4-5,14H2,1-3H3,(H2,24,29)(H,27,32)/b25-13+. The highest BCUT2D eigenvalue weighted by atomic mass is 16.6. The van der Waals surface area contributed by atoms with Crippen LogP contribution < -0.4 is 20.8 Å². The van der Waals surface area contributed by atoms with E-state index in [0.29, 0.717) is 17.1 Å². The Morgan fingerprint density at radius 2 is 2.03 bits per heavy atom. The Balaban J connectivity index is 1.53. The second kappa shape index (κ2) is 10.0. The van der Waals surface area contributed by atoms with E-state index in [1.165, 1.54) is 0 Å². The number of carbonyl (C=O) groups is 1. The topological polar surface area (TPSA) is 137 Å². The van der Waals surface area contributed by atoms with Crippen LogP contribution in [-0.4, -0.2) is 52.2 Å². The third-order valence-electron chi connectivity index (χ3n) is 5.42. The van der Waals surface area contributed by atoms with Crippen molar-refractivity contribution in [2.24, 2.45) is 5.10 Å². The second-order valence-corrected chi connectivity index (χ2v) is 7.40. The lowest BCUT2D eigenvalue weighted by Crippen LogP contribution is -2.24. The predicted octanol–water partition coefficient (Wildman–Crippen LogP) is 2.67. The third kappa shape index (κ3) is 4.53. The normalized spacial score (nSPS) is 11.3. The highest BCUT2D eigenvalue weighted by Gasteiger charge is 2.20. The number of aromatic nitrogens is 4. The van der Waals surface area contributed by atoms with E-state index in [9.17, 15) is 4.79 Å². The molecule has 0 aliphatic rings. The number of rotatable bonds is 9. The molecule has 0 atom stereocenters. The molecule has 0 aliphatic heterocycles. The van der Waals surface area contributed by atoms with Crippen LogP contribution in [0.15, 0.2) is 52.2 Å². The maximum atomic E-state index is 12.7. The van der Waals surface area contributed by atoms with E-state index in [2.05, 4.69) is 44.6 Å². The van der Waals surface area contributed by atoms with E-state index in [1.807, 2.05) is 42.5 Å². The Bertz CT molecular complexity index is 1320. The summed E-state index contributed by atoms with van der Waals surface area (Å²) in [4.78, 5) is 19.5. The number of imidazole rings is 1. The van der Waals surface area contributed by atoms with Crippen LogP contribution >= 0.6 is 0 Å². The van der Waals surface area contributed by atoms with Crippen LogP contribution in [-0.2, 0) is 11.3 Å². The second-order valence-electron chi connectivity index (χ2n) is 7.40. The van der Waals surface area contributed by atoms with Crippen molar-refractivity contribution in [1.82, 2.24) is 25.3 Å². The van der Waals surface area contributed by atoms with Gasteiger partial charge in [-0.25, -0.2) is 15.0 Å². The van der Waals surface area contributed by atoms with E-state index in [0.717, 1.165) is 29.9 Å². The lowest BCUT2D eigenvalue weighted by atomic mass is 10.2. The lowest BCUT2D eigenvalue weighted by Gasteiger charge is -2.21. The molecule has 0 spiro atoms. The number of benzene rings is 2. The van der Waals surface area contributed by atoms with Crippen LogP contribution in [0.3, 0.4) is 0 Å². The third-order valence-corrected chi connectivity index (χ3v) is 5.42. The quantitative estimate of drug-likeness (QED) is 0.286. The molecule has 176 valence electrons. The van der Waals surface area contributed by atoms with E-state index >= 15 is 0 Å². The molecule has 2 aromatic heterocycles. The van der Waals surface area contributed by atoms with Gasteiger partial charge in [0.15, 0.2) is 17.3 Å². The Labute approximate surface area is 196 Å². The predicted molar refractivity (Wildman–Crippen MR) is 130 cm³/mol. The van der Waals surface area contributed by atoms with Gasteiger partial charge in [-0.15, -0.1) is 0 Å². The van der Waals surface area contributed by atoms with E-state index < -0.39 is 0 Å². The summed E-state index contributed by atoms with van der Waals surface area (Å²) in [6, 6.07) is 13.3. The van der Waals surface area contributed by atoms with Crippen LogP contribution in [0.1, 0.15) is 19.4 Å². The van der Waals surface area contributed by atoms with Gasteiger partial charge in [-0.05, 0) is 48.4 Å². The zero-order valence-electron chi connectivity index (χ0n) is 19.2. The molecule has 1 amide bonds. The number of nitrogen functional groups attached to an aromatic ring is 1. The van der Waals surface area contributed by atoms with Crippen molar-refractivity contribution in [3.63, 3.8) is 0 Å². The number of fused-ring (bicyclic) bond motifs is 1. The molecule has 0 fully saturated rings. The molecule has 34 heavy (non-hydrogen) atoms. The number of nitrogens with one attached hydrogen (secondary N) is 1. The van der Waals surface area contributed by atoms with E-state index in [1.54, 1.807) is 17.9 Å². The number of methoxy groups -OCH3 is 1. The van der Waals surface area contributed by atoms with Crippen LogP contribution in [0.25, 0.3) is 22.6 Å². The number of nitrogens with zero attached hydrogens (tertiary/aromatic N) is 6. The minimum Gasteiger partial charge on any atom is -0.496 e. The number of hydrogen-bond donors (Lipinski definition) is 2. The molecule has 2 aromatic carbocycles. The summed E-state index contributed by atoms with van der Waals surface area (Å²) in [5.74, 6) is 0.789. The van der Waals surface area contributed by atoms with Crippen molar-refractivity contribution >= 4 is 34.7 Å². The minimum absolute atomic E-state index is 0.0580. The van der Waals surface area contributed by atoms with Crippen molar-refractivity contribution < 1.29 is 14.2 Å². The molecule has 11 nitrogen and oxygen atoms in total. The molecule has 3 N–H and O–H groups in total. The molecule has 11 heteroatoms. The Hall–Kier alpha value is -4.41. The number of anilines is 2. The first-order valence-corrected chi connectivity index (χ1v) is 10.8. The SMILES string of the molecule is CCN(CC)c1ccc(/C=N/NC(=O)Cn2c(-c3nonc3N)nc3ccccc32)c(OC)c1. The monoisotopic (exact) mass is 462 g/mol. The summed E-state index contributed by atoms with van der Waals surface area (Å²) in [5.41, 5.74) is 11.9. The number of ether oxygens (including phenoxy) is 1. The maximum absolute atomic E-state index is 12.7. The molecular weight excluding hydrogens is 436 g/mol. The van der Waals surface area contributed by atoms with Crippen molar-refractivity contribution in [2.75, 3.05) is 30.8 Å². The van der Waals surface area contributed by atoms with Gasteiger partial charge in [0.05, 0.1) is 24.4 Å². The van der Waals surface area contributed by atoms with Crippen LogP contribution in [0.4, 0.5) is 11.5 Å². The number of hydrogen-bond acceptors (Lipinski definition) is 9. The summed E-state index contributed by atoms with van der Waals surface area (Å²) in [6.07, 6.45) is 1.55. The summed E-state index contributed by atoms with van der Waals surface area (Å²) < 4.78 is 11.9. The van der Waals surface area contributed by atoms with Gasteiger partial charge in [-0.2, -0.15) is 5.10 Å². The fourth-order valence-corrected chi connectivity index (χ4v) is 3.71. The fourth-order valence-electron chi connectivity index (χ4n) is 3.71. The molecule has 2 heterocycles. The summed E-state index contributed by atoms with van der Waals surface area (Å²) in [6.45, 7) is 5.93. The molecule has 0 unspecified atom stereocenters. The first-order chi connectivity index (χ1) is 16.5. The average Bonchev–Trinajstić information content (AvgIpc) is 3.43. The van der Waals surface area contributed by atoms with Gasteiger partial charge in [-0.1, -0.05) is 12.1 Å². The van der Waals surface area contributed by atoms with E-state index in [4.69, 9.17) is 15.1 Å². The number of carbonyl (C=O) groups excluding carboxylic acids is 1. The summed E-state index contributed by atoms with van der Waals surface area (Å²) in [7, 11) is 1.60. The largest absolute Gasteiger partial charge is 0.496 e. The zero-order valence-corrected chi connectivity index (χ0v) is 19.2. The number of nitrogens with two attached hydrogens (primary N) is 1. The number of hydrazone groups is 1. The minimum atomic E-state index is -0.352. The van der Waals surface area contributed by atoms with Gasteiger partial charge in [0, 0.05) is 30.4 Å². The zero-order chi connectivity index (χ0) is 24.1. The molecule has 0 bridgehead atoms. The van der Waals surface area contributed by atoms with Gasteiger partial charge < -0.3 is 19.9 Å². The van der Waals surface area contributed by atoms with Gasteiger partial charge in [0.1, 0.15) is 12.3 Å². The summed E-state index contributed by atoms with van der Waals surface area (Å²) >= 11 is 0. The van der Waals surface area contributed by atoms with Crippen molar-refractivity contribution in [3.05, 3.63) is 48.0 Å². The van der Waals surface area contributed by atoms with Crippen molar-refractivity contribution in [3.8, 4) is 17.3 Å². The van der Waals surface area contributed by atoms with Crippen LogP contribution in [0, 0.1) is 0 Å². The van der Waals surface area contributed by atoms with Gasteiger partial charge in [-0.3, -0.25) is 4.79 Å². The molecule has 4 rings (SSSR count). The van der Waals surface area contributed by atoms with Gasteiger partial charge >= 0.3 is 0 Å². The Morgan fingerprint density at radius 1 is 1.24 bits per heavy atom. The van der Waals surface area contributed by atoms with Crippen molar-refractivity contribution in [1.29, 1.82) is 0 Å². The first kappa shape index (κ1) is 22.8. The smallest absolute Gasteiger partial charge is 0.260 e. The highest BCUT2D eigenvalue weighted by molar-refractivity contribution is 5.87. The Morgan fingerprint density at radius 3 is 2.74 bits per heavy atom. The lowest BCUT2D eigenvalue weighted by molar-refractivity contribution is -0.121. The van der Waals surface area contributed by atoms with Crippen LogP contribution in [0.2, 0.25) is 0 Å². The molecule has 0 saturated heterocycles. The van der Waals surface area contributed by atoms with Crippen molar-refractivity contribution in [2.45, 2.75) is 20.4 Å². The molecular formula is C23H26N8O3. The van der Waals surface area contributed by atoms with Gasteiger partial charge in [0.2, 0.25) is 0 Å². The molecule has 0 saturated carbocycles. The van der Waals surface area contributed by atoms with Crippen LogP contribution in [0.5, 0.6) is 5.75 Å². The maximum Gasteiger partial charge on any atom is 0.260 e.